The van der Waals surface area contributed by atoms with Gasteiger partial charge in [0.15, 0.2) is 0 Å². The highest BCUT2D eigenvalue weighted by molar-refractivity contribution is 6.31. The van der Waals surface area contributed by atoms with Crippen LogP contribution in [0.3, 0.4) is 0 Å². The molecule has 21 heavy (non-hydrogen) atoms. The molecule has 1 fully saturated rings. The smallest absolute Gasteiger partial charge is 0.127 e. The van der Waals surface area contributed by atoms with Crippen LogP contribution in [0, 0.1) is 5.82 Å². The Hall–Kier alpha value is -0.640. The van der Waals surface area contributed by atoms with E-state index < -0.39 is 6.10 Å². The summed E-state index contributed by atoms with van der Waals surface area (Å²) in [5.41, 5.74) is 0.0326. The predicted molar refractivity (Wildman–Crippen MR) is 85.2 cm³/mol. The van der Waals surface area contributed by atoms with Crippen molar-refractivity contribution in [2.45, 2.75) is 57.6 Å². The third kappa shape index (κ3) is 3.97. The van der Waals surface area contributed by atoms with Crippen molar-refractivity contribution in [3.05, 3.63) is 34.6 Å². The van der Waals surface area contributed by atoms with Crippen molar-refractivity contribution >= 4 is 11.6 Å². The summed E-state index contributed by atoms with van der Waals surface area (Å²) >= 11 is 6.07. The Morgan fingerprint density at radius 2 is 1.86 bits per heavy atom. The van der Waals surface area contributed by atoms with E-state index in [1.54, 1.807) is 12.1 Å². The number of benzene rings is 1. The molecule has 2 nitrogen and oxygen atoms in total. The molecule has 1 saturated heterocycles. The first kappa shape index (κ1) is 16.7. The third-order valence-corrected chi connectivity index (χ3v) is 5.05. The molecule has 4 heteroatoms. The number of aliphatic hydroxyl groups excluding tert-OH is 1. The fourth-order valence-electron chi connectivity index (χ4n) is 3.03. The van der Waals surface area contributed by atoms with Crippen LogP contribution in [0.5, 0.6) is 0 Å². The first-order valence-corrected chi connectivity index (χ1v) is 8.16. The van der Waals surface area contributed by atoms with Crippen LogP contribution in [0.1, 0.15) is 45.1 Å². The van der Waals surface area contributed by atoms with Crippen molar-refractivity contribution in [2.24, 2.45) is 0 Å². The number of hydrogen-bond donors (Lipinski definition) is 1. The quantitative estimate of drug-likeness (QED) is 0.907. The van der Waals surface area contributed by atoms with E-state index >= 15 is 0 Å². The van der Waals surface area contributed by atoms with Crippen LogP contribution in [0.4, 0.5) is 4.39 Å². The first-order valence-electron chi connectivity index (χ1n) is 7.79. The number of halogens is 2. The van der Waals surface area contributed by atoms with Crippen LogP contribution in [-0.4, -0.2) is 34.7 Å². The van der Waals surface area contributed by atoms with Crippen molar-refractivity contribution in [3.63, 3.8) is 0 Å². The number of nitrogens with zero attached hydrogens (tertiary/aromatic N) is 1. The SMILES string of the molecule is CC(C)(C(O)Cc1c(F)cccc1Cl)N1CCCCCC1. The molecule has 0 aromatic heterocycles. The van der Waals surface area contributed by atoms with Gasteiger partial charge in [0.1, 0.15) is 5.82 Å². The molecule has 0 saturated carbocycles. The van der Waals surface area contributed by atoms with Gasteiger partial charge in [-0.05, 0) is 51.9 Å². The fraction of sp³-hybridized carbons (Fsp3) is 0.647. The van der Waals surface area contributed by atoms with Gasteiger partial charge < -0.3 is 5.11 Å². The summed E-state index contributed by atoms with van der Waals surface area (Å²) in [4.78, 5) is 2.33. The molecule has 0 amide bonds. The topological polar surface area (TPSA) is 23.5 Å². The molecule has 118 valence electrons. The summed E-state index contributed by atoms with van der Waals surface area (Å²) in [6, 6.07) is 4.66. The van der Waals surface area contributed by atoms with Crippen LogP contribution >= 0.6 is 11.6 Å². The number of likely N-dealkylation sites (tertiary alicyclic amines) is 1. The van der Waals surface area contributed by atoms with Crippen molar-refractivity contribution in [1.29, 1.82) is 0 Å². The van der Waals surface area contributed by atoms with Gasteiger partial charge >= 0.3 is 0 Å². The average molecular weight is 314 g/mol. The van der Waals surface area contributed by atoms with Gasteiger partial charge in [0.25, 0.3) is 0 Å². The predicted octanol–water partition coefficient (Wildman–Crippen LogP) is 4.04. The Bertz CT molecular complexity index is 450. The lowest BCUT2D eigenvalue weighted by atomic mass is 9.89. The molecule has 0 spiro atoms. The summed E-state index contributed by atoms with van der Waals surface area (Å²) in [6.07, 6.45) is 4.43. The second-order valence-electron chi connectivity index (χ2n) is 6.48. The maximum absolute atomic E-state index is 13.9. The van der Waals surface area contributed by atoms with E-state index in [-0.39, 0.29) is 17.8 Å². The highest BCUT2D eigenvalue weighted by Crippen LogP contribution is 2.28. The molecule has 0 aliphatic carbocycles. The minimum atomic E-state index is -0.648. The summed E-state index contributed by atoms with van der Waals surface area (Å²) in [5, 5.41) is 11.0. The van der Waals surface area contributed by atoms with Gasteiger partial charge in [-0.3, -0.25) is 4.90 Å². The Morgan fingerprint density at radius 3 is 2.43 bits per heavy atom. The zero-order valence-corrected chi connectivity index (χ0v) is 13.7. The lowest BCUT2D eigenvalue weighted by Gasteiger charge is -2.41. The van der Waals surface area contributed by atoms with Crippen LogP contribution in [0.2, 0.25) is 5.02 Å². The molecular formula is C17H25ClFNO. The van der Waals surface area contributed by atoms with Gasteiger partial charge in [-0.1, -0.05) is 30.5 Å². The van der Waals surface area contributed by atoms with E-state index in [9.17, 15) is 9.50 Å². The molecule has 2 rings (SSSR count). The van der Waals surface area contributed by atoms with E-state index in [0.717, 1.165) is 25.9 Å². The van der Waals surface area contributed by atoms with Gasteiger partial charge in [-0.2, -0.15) is 0 Å². The van der Waals surface area contributed by atoms with Crippen LogP contribution in [0.25, 0.3) is 0 Å². The fourth-order valence-corrected chi connectivity index (χ4v) is 3.27. The second-order valence-corrected chi connectivity index (χ2v) is 6.88. The van der Waals surface area contributed by atoms with Gasteiger partial charge in [0, 0.05) is 22.5 Å². The summed E-state index contributed by atoms with van der Waals surface area (Å²) in [5.74, 6) is -0.340. The van der Waals surface area contributed by atoms with Gasteiger partial charge in [-0.25, -0.2) is 4.39 Å². The largest absolute Gasteiger partial charge is 0.391 e. The van der Waals surface area contributed by atoms with E-state index in [4.69, 9.17) is 11.6 Å². The number of aliphatic hydroxyl groups is 1. The van der Waals surface area contributed by atoms with Crippen LogP contribution in [0.15, 0.2) is 18.2 Å². The molecule has 1 aliphatic heterocycles. The molecule has 0 radical (unpaired) electrons. The second kappa shape index (κ2) is 7.08. The first-order chi connectivity index (χ1) is 9.93. The van der Waals surface area contributed by atoms with Crippen LogP contribution in [-0.2, 0) is 6.42 Å². The van der Waals surface area contributed by atoms with Gasteiger partial charge in [0.2, 0.25) is 0 Å². The summed E-state index contributed by atoms with van der Waals surface area (Å²) in [6.45, 7) is 6.07. The maximum Gasteiger partial charge on any atom is 0.127 e. The van der Waals surface area contributed by atoms with Crippen molar-refractivity contribution in [3.8, 4) is 0 Å². The minimum absolute atomic E-state index is 0.245. The molecule has 1 atom stereocenters. The molecule has 1 aromatic rings. The Labute approximate surface area is 131 Å². The zero-order chi connectivity index (χ0) is 15.5. The lowest BCUT2D eigenvalue weighted by molar-refractivity contribution is -0.00823. The minimum Gasteiger partial charge on any atom is -0.391 e. The standard InChI is InChI=1S/C17H25ClFNO/c1-17(2,20-10-5-3-4-6-11-20)16(21)12-13-14(18)8-7-9-15(13)19/h7-9,16,21H,3-6,10-12H2,1-2H3. The maximum atomic E-state index is 13.9. The Balaban J connectivity index is 2.12. The van der Waals surface area contributed by atoms with E-state index in [2.05, 4.69) is 4.90 Å². The molecule has 0 bridgehead atoms. The highest BCUT2D eigenvalue weighted by atomic mass is 35.5. The zero-order valence-electron chi connectivity index (χ0n) is 12.9. The molecule has 1 N–H and O–H groups in total. The normalized spacial score (nSPS) is 19.3. The average Bonchev–Trinajstić information content (AvgIpc) is 2.72. The van der Waals surface area contributed by atoms with E-state index in [1.165, 1.54) is 18.9 Å². The van der Waals surface area contributed by atoms with Crippen molar-refractivity contribution in [1.82, 2.24) is 4.90 Å². The van der Waals surface area contributed by atoms with Gasteiger partial charge in [0.05, 0.1) is 6.10 Å². The molecule has 1 heterocycles. The van der Waals surface area contributed by atoms with E-state index in [0.29, 0.717) is 10.6 Å². The molecular weight excluding hydrogens is 289 g/mol. The summed E-state index contributed by atoms with van der Waals surface area (Å²) in [7, 11) is 0. The molecule has 1 unspecified atom stereocenters. The highest BCUT2D eigenvalue weighted by Gasteiger charge is 2.35. The summed E-state index contributed by atoms with van der Waals surface area (Å²) < 4.78 is 13.9. The molecule has 1 aliphatic rings. The van der Waals surface area contributed by atoms with E-state index in [1.807, 2.05) is 13.8 Å². The lowest BCUT2D eigenvalue weighted by Crippen LogP contribution is -2.53. The van der Waals surface area contributed by atoms with Crippen molar-refractivity contribution in [2.75, 3.05) is 13.1 Å². The third-order valence-electron chi connectivity index (χ3n) is 4.70. The monoisotopic (exact) mass is 313 g/mol. The van der Waals surface area contributed by atoms with Crippen LogP contribution < -0.4 is 0 Å². The van der Waals surface area contributed by atoms with Gasteiger partial charge in [-0.15, -0.1) is 0 Å². The Kier molecular flexibility index (Phi) is 5.64. The Morgan fingerprint density at radius 1 is 1.24 bits per heavy atom. The number of rotatable bonds is 4. The number of hydrogen-bond acceptors (Lipinski definition) is 2. The molecule has 1 aromatic carbocycles. The van der Waals surface area contributed by atoms with Crippen molar-refractivity contribution < 1.29 is 9.50 Å².